The molecule has 0 spiro atoms. The molecule has 5 nitrogen and oxygen atoms in total. The molecule has 0 atom stereocenters. The van der Waals surface area contributed by atoms with Gasteiger partial charge in [0.15, 0.2) is 0 Å². The Bertz CT molecular complexity index is 975. The summed E-state index contributed by atoms with van der Waals surface area (Å²) < 4.78 is 3.15. The predicted octanol–water partition coefficient (Wildman–Crippen LogP) is 4.33. The van der Waals surface area contributed by atoms with Gasteiger partial charge in [0, 0.05) is 27.1 Å². The molecule has 3 rings (SSSR count). The Morgan fingerprint density at radius 2 is 1.85 bits per heavy atom. The van der Waals surface area contributed by atoms with E-state index in [-0.39, 0.29) is 11.3 Å². The van der Waals surface area contributed by atoms with Gasteiger partial charge in [-0.25, -0.2) is 5.43 Å². The van der Waals surface area contributed by atoms with Gasteiger partial charge in [-0.3, -0.25) is 4.79 Å². The van der Waals surface area contributed by atoms with Crippen LogP contribution < -0.4 is 5.43 Å². The van der Waals surface area contributed by atoms with Gasteiger partial charge in [0.25, 0.3) is 5.91 Å². The quantitative estimate of drug-likeness (QED) is 0.495. The van der Waals surface area contributed by atoms with Gasteiger partial charge < -0.3 is 9.67 Å². The maximum absolute atomic E-state index is 12.1. The second-order valence-electron chi connectivity index (χ2n) is 5.85. The van der Waals surface area contributed by atoms with E-state index in [0.717, 1.165) is 27.1 Å². The molecular formula is C20H18BrN3O2. The third-order valence-corrected chi connectivity index (χ3v) is 4.60. The van der Waals surface area contributed by atoms with Crippen LogP contribution in [0, 0.1) is 13.8 Å². The minimum absolute atomic E-state index is 0.0754. The monoisotopic (exact) mass is 411 g/mol. The molecule has 0 bridgehead atoms. The zero-order valence-corrected chi connectivity index (χ0v) is 16.0. The molecule has 1 aromatic heterocycles. The number of rotatable bonds is 4. The number of aryl methyl sites for hydroxylation is 1. The van der Waals surface area contributed by atoms with Gasteiger partial charge in [-0.15, -0.1) is 0 Å². The Kier molecular flexibility index (Phi) is 5.23. The number of benzene rings is 2. The number of nitrogens with zero attached hydrogens (tertiary/aromatic N) is 2. The van der Waals surface area contributed by atoms with Gasteiger partial charge >= 0.3 is 0 Å². The Morgan fingerprint density at radius 1 is 1.15 bits per heavy atom. The average Bonchev–Trinajstić information content (AvgIpc) is 2.90. The largest absolute Gasteiger partial charge is 0.507 e. The molecule has 0 saturated heterocycles. The summed E-state index contributed by atoms with van der Waals surface area (Å²) in [6.07, 6.45) is 1.61. The van der Waals surface area contributed by atoms with Crippen molar-refractivity contribution in [1.82, 2.24) is 9.99 Å². The summed E-state index contributed by atoms with van der Waals surface area (Å²) in [5, 5.41) is 13.7. The summed E-state index contributed by atoms with van der Waals surface area (Å²) in [4.78, 5) is 12.1. The standard InChI is InChI=1S/C20H18BrN3O2/c1-13-11-15(14(2)24(13)17-9-7-16(21)8-10-17)12-22-23-20(26)18-5-3-4-6-19(18)25/h3-12,25H,1-2H3,(H,23,26)/b22-12-. The Hall–Kier alpha value is -2.86. The lowest BCUT2D eigenvalue weighted by Gasteiger charge is -2.09. The van der Waals surface area contributed by atoms with E-state index in [1.54, 1.807) is 24.4 Å². The van der Waals surface area contributed by atoms with Crippen molar-refractivity contribution in [2.24, 2.45) is 5.10 Å². The van der Waals surface area contributed by atoms with Gasteiger partial charge in [-0.05, 0) is 56.3 Å². The zero-order valence-electron chi connectivity index (χ0n) is 14.4. The molecule has 0 unspecified atom stereocenters. The molecule has 0 fully saturated rings. The number of carbonyl (C=O) groups excluding carboxylic acids is 1. The zero-order chi connectivity index (χ0) is 18.7. The average molecular weight is 412 g/mol. The lowest BCUT2D eigenvalue weighted by atomic mass is 10.2. The molecule has 1 amide bonds. The number of amides is 1. The first kappa shape index (κ1) is 17.9. The molecule has 6 heteroatoms. The highest BCUT2D eigenvalue weighted by molar-refractivity contribution is 9.10. The van der Waals surface area contributed by atoms with Crippen LogP contribution in [-0.2, 0) is 0 Å². The molecule has 0 aliphatic carbocycles. The van der Waals surface area contributed by atoms with Crippen molar-refractivity contribution in [2.45, 2.75) is 13.8 Å². The lowest BCUT2D eigenvalue weighted by molar-refractivity contribution is 0.0952. The number of hydrogen-bond donors (Lipinski definition) is 2. The number of aromatic hydroxyl groups is 1. The summed E-state index contributed by atoms with van der Waals surface area (Å²) >= 11 is 3.44. The van der Waals surface area contributed by atoms with Gasteiger partial charge in [0.1, 0.15) is 5.75 Å². The van der Waals surface area contributed by atoms with Crippen LogP contribution in [0.25, 0.3) is 5.69 Å². The number of phenolic OH excluding ortho intramolecular Hbond substituents is 1. The van der Waals surface area contributed by atoms with E-state index in [9.17, 15) is 9.90 Å². The van der Waals surface area contributed by atoms with Crippen molar-refractivity contribution in [3.05, 3.63) is 81.6 Å². The van der Waals surface area contributed by atoms with Crippen molar-refractivity contribution >= 4 is 28.1 Å². The van der Waals surface area contributed by atoms with Crippen LogP contribution in [0.2, 0.25) is 0 Å². The molecule has 26 heavy (non-hydrogen) atoms. The fraction of sp³-hybridized carbons (Fsp3) is 0.100. The summed E-state index contributed by atoms with van der Waals surface area (Å²) in [5.41, 5.74) is 6.68. The SMILES string of the molecule is Cc1cc(/C=N\NC(=O)c2ccccc2O)c(C)n1-c1ccc(Br)cc1. The third kappa shape index (κ3) is 3.70. The number of hydrogen-bond acceptors (Lipinski definition) is 3. The first-order valence-electron chi connectivity index (χ1n) is 8.03. The van der Waals surface area contributed by atoms with E-state index in [2.05, 4.69) is 31.0 Å². The molecule has 2 aromatic carbocycles. The van der Waals surface area contributed by atoms with E-state index in [0.29, 0.717) is 0 Å². The highest BCUT2D eigenvalue weighted by atomic mass is 79.9. The smallest absolute Gasteiger partial charge is 0.275 e. The van der Waals surface area contributed by atoms with E-state index >= 15 is 0 Å². The number of phenols is 1. The highest BCUT2D eigenvalue weighted by Crippen LogP contribution is 2.21. The third-order valence-electron chi connectivity index (χ3n) is 4.07. The minimum atomic E-state index is -0.457. The first-order chi connectivity index (χ1) is 12.5. The Labute approximate surface area is 160 Å². The van der Waals surface area contributed by atoms with Crippen LogP contribution in [-0.4, -0.2) is 21.8 Å². The van der Waals surface area contributed by atoms with Crippen LogP contribution in [0.4, 0.5) is 0 Å². The minimum Gasteiger partial charge on any atom is -0.507 e. The normalized spacial score (nSPS) is 11.0. The van der Waals surface area contributed by atoms with Crippen molar-refractivity contribution in [3.63, 3.8) is 0 Å². The summed E-state index contributed by atoms with van der Waals surface area (Å²) in [5.74, 6) is -0.533. The van der Waals surface area contributed by atoms with Crippen molar-refractivity contribution in [2.75, 3.05) is 0 Å². The highest BCUT2D eigenvalue weighted by Gasteiger charge is 2.11. The Balaban J connectivity index is 1.79. The molecule has 3 aromatic rings. The number of aromatic nitrogens is 1. The molecule has 0 saturated carbocycles. The molecule has 0 aliphatic heterocycles. The maximum Gasteiger partial charge on any atom is 0.275 e. The molecule has 0 radical (unpaired) electrons. The summed E-state index contributed by atoms with van der Waals surface area (Å²) in [7, 11) is 0. The summed E-state index contributed by atoms with van der Waals surface area (Å²) in [6.45, 7) is 4.02. The number of halogens is 1. The number of hydrazone groups is 1. The molecule has 2 N–H and O–H groups in total. The first-order valence-corrected chi connectivity index (χ1v) is 8.83. The van der Waals surface area contributed by atoms with Crippen molar-refractivity contribution in [1.29, 1.82) is 0 Å². The maximum atomic E-state index is 12.1. The van der Waals surface area contributed by atoms with Crippen LogP contribution in [0.1, 0.15) is 27.3 Å². The fourth-order valence-corrected chi connectivity index (χ4v) is 3.06. The molecule has 132 valence electrons. The van der Waals surface area contributed by atoms with Gasteiger partial charge in [0.05, 0.1) is 11.8 Å². The van der Waals surface area contributed by atoms with Crippen LogP contribution in [0.5, 0.6) is 5.75 Å². The second kappa shape index (κ2) is 7.58. The topological polar surface area (TPSA) is 66.6 Å². The molecule has 0 aliphatic rings. The van der Waals surface area contributed by atoms with E-state index in [4.69, 9.17) is 0 Å². The predicted molar refractivity (Wildman–Crippen MR) is 106 cm³/mol. The molecular weight excluding hydrogens is 394 g/mol. The van der Waals surface area contributed by atoms with Crippen molar-refractivity contribution < 1.29 is 9.90 Å². The fourth-order valence-electron chi connectivity index (χ4n) is 2.79. The lowest BCUT2D eigenvalue weighted by Crippen LogP contribution is -2.17. The van der Waals surface area contributed by atoms with Crippen LogP contribution >= 0.6 is 15.9 Å². The van der Waals surface area contributed by atoms with Gasteiger partial charge in [0.2, 0.25) is 0 Å². The Morgan fingerprint density at radius 3 is 2.54 bits per heavy atom. The van der Waals surface area contributed by atoms with E-state index in [1.165, 1.54) is 6.07 Å². The van der Waals surface area contributed by atoms with Gasteiger partial charge in [-0.1, -0.05) is 28.1 Å². The van der Waals surface area contributed by atoms with E-state index < -0.39 is 5.91 Å². The van der Waals surface area contributed by atoms with Crippen molar-refractivity contribution in [3.8, 4) is 11.4 Å². The van der Waals surface area contributed by atoms with E-state index in [1.807, 2.05) is 44.2 Å². The number of carbonyl (C=O) groups is 1. The number of nitrogens with one attached hydrogen (secondary N) is 1. The van der Waals surface area contributed by atoms with Crippen LogP contribution in [0.3, 0.4) is 0 Å². The van der Waals surface area contributed by atoms with Crippen LogP contribution in [0.15, 0.2) is 64.2 Å². The second-order valence-corrected chi connectivity index (χ2v) is 6.77. The number of para-hydroxylation sites is 1. The molecule has 1 heterocycles. The van der Waals surface area contributed by atoms with Gasteiger partial charge in [-0.2, -0.15) is 5.10 Å². The summed E-state index contributed by atoms with van der Waals surface area (Å²) in [6, 6.07) is 16.4.